The van der Waals surface area contributed by atoms with Gasteiger partial charge in [0.2, 0.25) is 0 Å². The average Bonchev–Trinajstić information content (AvgIpc) is 3.29. The van der Waals surface area contributed by atoms with Gasteiger partial charge in [-0.15, -0.1) is 0 Å². The number of hydrogen-bond donors (Lipinski definition) is 1. The van der Waals surface area contributed by atoms with Crippen LogP contribution in [-0.4, -0.2) is 24.7 Å². The van der Waals surface area contributed by atoms with Gasteiger partial charge in [-0.25, -0.2) is 21.5 Å². The number of fused-ring (bicyclic) bond motifs is 1. The van der Waals surface area contributed by atoms with Crippen molar-refractivity contribution in [1.29, 1.82) is 0 Å². The predicted octanol–water partition coefficient (Wildman–Crippen LogP) is 6.30. The molecule has 2 aliphatic carbocycles. The molecule has 5 nitrogen and oxygen atoms in total. The second kappa shape index (κ2) is 9.20. The molecule has 0 amide bonds. The van der Waals surface area contributed by atoms with E-state index in [4.69, 9.17) is 0 Å². The van der Waals surface area contributed by atoms with Gasteiger partial charge in [-0.05, 0) is 73.7 Å². The molecule has 0 spiro atoms. The highest BCUT2D eigenvalue weighted by Crippen LogP contribution is 2.45. The lowest BCUT2D eigenvalue weighted by molar-refractivity contribution is 0.413. The van der Waals surface area contributed by atoms with Crippen molar-refractivity contribution in [1.82, 2.24) is 10.2 Å². The summed E-state index contributed by atoms with van der Waals surface area (Å²) in [5, 5.41) is 7.65. The van der Waals surface area contributed by atoms with Gasteiger partial charge < -0.3 is 0 Å². The van der Waals surface area contributed by atoms with E-state index in [9.17, 15) is 17.2 Å². The molecule has 0 aliphatic heterocycles. The first kappa shape index (κ1) is 24.6. The number of anilines is 1. The first-order valence-electron chi connectivity index (χ1n) is 12.7. The first-order valence-corrected chi connectivity index (χ1v) is 14.1. The number of sulfonamides is 1. The SMILES string of the molecule is Cc1ccc(S(=O)(=O)N(c2n[nH]c3c2C=CC(c2ccc(F)cc2)(c2ccc(F)cc2)C3)C2CCC2)cc1. The van der Waals surface area contributed by atoms with E-state index in [2.05, 4.69) is 10.2 Å². The van der Waals surface area contributed by atoms with Crippen LogP contribution in [0.4, 0.5) is 14.6 Å². The summed E-state index contributed by atoms with van der Waals surface area (Å²) in [6.45, 7) is 1.92. The van der Waals surface area contributed by atoms with Crippen molar-refractivity contribution in [2.75, 3.05) is 4.31 Å². The van der Waals surface area contributed by atoms with Crippen LogP contribution in [0.5, 0.6) is 0 Å². The summed E-state index contributed by atoms with van der Waals surface area (Å²) >= 11 is 0. The average molecular weight is 532 g/mol. The molecule has 8 heteroatoms. The Labute approximate surface area is 220 Å². The van der Waals surface area contributed by atoms with Crippen molar-refractivity contribution < 1.29 is 17.2 Å². The molecule has 0 radical (unpaired) electrons. The second-order valence-electron chi connectivity index (χ2n) is 10.1. The van der Waals surface area contributed by atoms with E-state index < -0.39 is 15.4 Å². The largest absolute Gasteiger partial charge is 0.280 e. The molecule has 0 atom stereocenters. The summed E-state index contributed by atoms with van der Waals surface area (Å²) in [6, 6.07) is 19.3. The van der Waals surface area contributed by atoms with Crippen LogP contribution in [-0.2, 0) is 21.9 Å². The quantitative estimate of drug-likeness (QED) is 0.318. The Morgan fingerprint density at radius 3 is 2.00 bits per heavy atom. The van der Waals surface area contributed by atoms with E-state index in [-0.39, 0.29) is 22.6 Å². The molecule has 2 aliphatic rings. The van der Waals surface area contributed by atoms with Crippen molar-refractivity contribution >= 4 is 21.9 Å². The number of aromatic amines is 1. The predicted molar refractivity (Wildman–Crippen MR) is 143 cm³/mol. The lowest BCUT2D eigenvalue weighted by atomic mass is 9.68. The minimum absolute atomic E-state index is 0.164. The Balaban J connectivity index is 1.46. The molecule has 1 saturated carbocycles. The molecule has 1 fully saturated rings. The number of aromatic nitrogens is 2. The second-order valence-corrected chi connectivity index (χ2v) is 11.9. The standard InChI is InChI=1S/C30H27F2N3O2S/c1-20-5-15-26(16-6-20)38(36,37)35(25-3-2-4-25)29-27-17-18-30(19-28(27)33-34-29,21-7-11-23(31)12-8-21)22-9-13-24(32)14-10-22/h5-18,25H,2-4,19H2,1H3,(H,33,34). The topological polar surface area (TPSA) is 66.1 Å². The zero-order chi connectivity index (χ0) is 26.5. The van der Waals surface area contributed by atoms with Gasteiger partial charge in [-0.2, -0.15) is 5.10 Å². The third-order valence-electron chi connectivity index (χ3n) is 7.76. The van der Waals surface area contributed by atoms with Crippen LogP contribution in [0.2, 0.25) is 0 Å². The van der Waals surface area contributed by atoms with Crippen molar-refractivity contribution in [3.63, 3.8) is 0 Å². The minimum atomic E-state index is -3.84. The van der Waals surface area contributed by atoms with Crippen molar-refractivity contribution in [3.8, 4) is 0 Å². The Morgan fingerprint density at radius 2 is 1.47 bits per heavy atom. The molecule has 4 aromatic rings. The Bertz CT molecular complexity index is 1560. The number of aryl methyl sites for hydroxylation is 1. The molecule has 0 bridgehead atoms. The van der Waals surface area contributed by atoms with Crippen LogP contribution < -0.4 is 4.31 Å². The van der Waals surface area contributed by atoms with Crippen LogP contribution in [0.1, 0.15) is 47.2 Å². The van der Waals surface area contributed by atoms with Gasteiger partial charge in [0.1, 0.15) is 11.6 Å². The number of H-pyrrole nitrogens is 1. The lowest BCUT2D eigenvalue weighted by Gasteiger charge is -2.38. The van der Waals surface area contributed by atoms with Crippen LogP contribution in [0.25, 0.3) is 6.08 Å². The third kappa shape index (κ3) is 4.04. The minimum Gasteiger partial charge on any atom is -0.280 e. The first-order chi connectivity index (χ1) is 18.3. The van der Waals surface area contributed by atoms with Crippen LogP contribution >= 0.6 is 0 Å². The highest BCUT2D eigenvalue weighted by Gasteiger charge is 2.41. The summed E-state index contributed by atoms with van der Waals surface area (Å²) < 4.78 is 56.8. The van der Waals surface area contributed by atoms with E-state index in [1.54, 1.807) is 48.5 Å². The molecular formula is C30H27F2N3O2S. The summed E-state index contributed by atoms with van der Waals surface area (Å²) in [6.07, 6.45) is 6.81. The van der Waals surface area contributed by atoms with Crippen LogP contribution in [0.3, 0.4) is 0 Å². The van der Waals surface area contributed by atoms with Gasteiger partial charge in [-0.1, -0.05) is 54.1 Å². The van der Waals surface area contributed by atoms with Gasteiger partial charge in [0.05, 0.1) is 4.90 Å². The number of rotatable bonds is 6. The van der Waals surface area contributed by atoms with E-state index in [1.165, 1.54) is 28.6 Å². The fourth-order valence-corrected chi connectivity index (χ4v) is 7.08. The summed E-state index contributed by atoms with van der Waals surface area (Å²) in [7, 11) is -3.84. The number of halogens is 2. The summed E-state index contributed by atoms with van der Waals surface area (Å²) in [5.41, 5.74) is 3.43. The highest BCUT2D eigenvalue weighted by atomic mass is 32.2. The number of nitrogens with zero attached hydrogens (tertiary/aromatic N) is 2. The summed E-state index contributed by atoms with van der Waals surface area (Å²) in [4.78, 5) is 0.235. The zero-order valence-electron chi connectivity index (χ0n) is 20.9. The van der Waals surface area contributed by atoms with Crippen molar-refractivity contribution in [2.45, 2.75) is 49.0 Å². The maximum Gasteiger partial charge on any atom is 0.265 e. The number of nitrogens with one attached hydrogen (secondary N) is 1. The smallest absolute Gasteiger partial charge is 0.265 e. The highest BCUT2D eigenvalue weighted by molar-refractivity contribution is 7.92. The summed E-state index contributed by atoms with van der Waals surface area (Å²) in [5.74, 6) is -0.303. The lowest BCUT2D eigenvalue weighted by Crippen LogP contribution is -2.45. The molecule has 3 aromatic carbocycles. The van der Waals surface area contributed by atoms with Gasteiger partial charge in [0.25, 0.3) is 10.0 Å². The number of hydrogen-bond acceptors (Lipinski definition) is 3. The fourth-order valence-electron chi connectivity index (χ4n) is 5.40. The monoisotopic (exact) mass is 531 g/mol. The van der Waals surface area contributed by atoms with Crippen molar-refractivity contribution in [3.05, 3.63) is 118 Å². The Hall–Kier alpha value is -3.78. The Morgan fingerprint density at radius 1 is 0.895 bits per heavy atom. The molecule has 0 unspecified atom stereocenters. The van der Waals surface area contributed by atoms with E-state index in [0.717, 1.165) is 41.6 Å². The molecule has 1 aromatic heterocycles. The van der Waals surface area contributed by atoms with E-state index in [1.807, 2.05) is 19.1 Å². The Kier molecular flexibility index (Phi) is 5.94. The molecular weight excluding hydrogens is 504 g/mol. The van der Waals surface area contributed by atoms with Gasteiger partial charge >= 0.3 is 0 Å². The van der Waals surface area contributed by atoms with Gasteiger partial charge in [-0.3, -0.25) is 5.10 Å². The zero-order valence-corrected chi connectivity index (χ0v) is 21.7. The van der Waals surface area contributed by atoms with E-state index >= 15 is 0 Å². The molecule has 1 heterocycles. The van der Waals surface area contributed by atoms with Crippen LogP contribution in [0, 0.1) is 18.6 Å². The molecule has 6 rings (SSSR count). The molecule has 1 N–H and O–H groups in total. The molecule has 38 heavy (non-hydrogen) atoms. The fraction of sp³-hybridized carbons (Fsp3) is 0.233. The molecule has 194 valence electrons. The van der Waals surface area contributed by atoms with Gasteiger partial charge in [0.15, 0.2) is 5.82 Å². The van der Waals surface area contributed by atoms with Crippen LogP contribution in [0.15, 0.2) is 83.8 Å². The molecule has 0 saturated heterocycles. The van der Waals surface area contributed by atoms with E-state index in [0.29, 0.717) is 17.8 Å². The maximum absolute atomic E-state index is 13.9. The number of benzene rings is 3. The van der Waals surface area contributed by atoms with Crippen molar-refractivity contribution in [2.24, 2.45) is 0 Å². The number of allylic oxidation sites excluding steroid dienone is 1. The normalized spacial score (nSPS) is 16.6. The third-order valence-corrected chi connectivity index (χ3v) is 9.62. The maximum atomic E-state index is 13.9. The van der Waals surface area contributed by atoms with Gasteiger partial charge in [0, 0.05) is 29.1 Å².